The number of hydrogen-bond donors (Lipinski definition) is 1. The predicted octanol–water partition coefficient (Wildman–Crippen LogP) is 2.08. The SMILES string of the molecule is CC1CCCC(C)C1NC(=O)N(C)C. The van der Waals surface area contributed by atoms with Crippen LogP contribution in [0.5, 0.6) is 0 Å². The Morgan fingerprint density at radius 1 is 1.21 bits per heavy atom. The van der Waals surface area contributed by atoms with Crippen molar-refractivity contribution in [2.45, 2.75) is 39.2 Å². The lowest BCUT2D eigenvalue weighted by molar-refractivity contribution is 0.179. The van der Waals surface area contributed by atoms with Crippen molar-refractivity contribution in [1.29, 1.82) is 0 Å². The van der Waals surface area contributed by atoms with Crippen LogP contribution in [0.1, 0.15) is 33.1 Å². The van der Waals surface area contributed by atoms with Gasteiger partial charge in [0.15, 0.2) is 0 Å². The number of nitrogens with one attached hydrogen (secondary N) is 1. The summed E-state index contributed by atoms with van der Waals surface area (Å²) in [5, 5.41) is 3.10. The van der Waals surface area contributed by atoms with E-state index in [-0.39, 0.29) is 6.03 Å². The Morgan fingerprint density at radius 2 is 1.71 bits per heavy atom. The van der Waals surface area contributed by atoms with Crippen molar-refractivity contribution in [3.63, 3.8) is 0 Å². The second kappa shape index (κ2) is 4.67. The van der Waals surface area contributed by atoms with E-state index in [2.05, 4.69) is 19.2 Å². The molecular formula is C11H22N2O. The maximum atomic E-state index is 11.5. The summed E-state index contributed by atoms with van der Waals surface area (Å²) in [6.45, 7) is 4.46. The minimum absolute atomic E-state index is 0.0376. The standard InChI is InChI=1S/C11H22N2O/c1-8-6-5-7-9(2)10(8)12-11(14)13(3)4/h8-10H,5-7H2,1-4H3,(H,12,14). The van der Waals surface area contributed by atoms with E-state index in [1.54, 1.807) is 19.0 Å². The van der Waals surface area contributed by atoms with Crippen LogP contribution in [-0.4, -0.2) is 31.1 Å². The lowest BCUT2D eigenvalue weighted by Gasteiger charge is -2.35. The largest absolute Gasteiger partial charge is 0.335 e. The monoisotopic (exact) mass is 198 g/mol. The quantitative estimate of drug-likeness (QED) is 0.687. The average molecular weight is 198 g/mol. The fourth-order valence-corrected chi connectivity index (χ4v) is 2.24. The number of rotatable bonds is 1. The first kappa shape index (κ1) is 11.3. The van der Waals surface area contributed by atoms with Gasteiger partial charge in [0.05, 0.1) is 0 Å². The highest BCUT2D eigenvalue weighted by Gasteiger charge is 2.29. The normalized spacial score (nSPS) is 32.4. The van der Waals surface area contributed by atoms with Crippen molar-refractivity contribution >= 4 is 6.03 Å². The molecule has 82 valence electrons. The third-order valence-corrected chi connectivity index (χ3v) is 3.24. The minimum Gasteiger partial charge on any atom is -0.335 e. The van der Waals surface area contributed by atoms with Gasteiger partial charge in [0, 0.05) is 20.1 Å². The topological polar surface area (TPSA) is 32.3 Å². The highest BCUT2D eigenvalue weighted by molar-refractivity contribution is 5.73. The minimum atomic E-state index is 0.0376. The molecule has 1 aliphatic rings. The Kier molecular flexibility index (Phi) is 3.78. The Labute approximate surface area is 86.9 Å². The van der Waals surface area contributed by atoms with E-state index in [0.717, 1.165) is 0 Å². The average Bonchev–Trinajstić information content (AvgIpc) is 2.11. The Bertz CT molecular complexity index is 193. The zero-order chi connectivity index (χ0) is 10.7. The molecule has 14 heavy (non-hydrogen) atoms. The summed E-state index contributed by atoms with van der Waals surface area (Å²) < 4.78 is 0. The summed E-state index contributed by atoms with van der Waals surface area (Å²) in [5.41, 5.74) is 0. The van der Waals surface area contributed by atoms with E-state index in [1.807, 2.05) is 0 Å². The van der Waals surface area contributed by atoms with Crippen LogP contribution in [0.2, 0.25) is 0 Å². The molecule has 0 radical (unpaired) electrons. The fourth-order valence-electron chi connectivity index (χ4n) is 2.24. The van der Waals surface area contributed by atoms with Crippen molar-refractivity contribution in [3.05, 3.63) is 0 Å². The molecule has 0 spiro atoms. The van der Waals surface area contributed by atoms with Crippen LogP contribution in [0.4, 0.5) is 4.79 Å². The molecule has 1 rings (SSSR count). The van der Waals surface area contributed by atoms with E-state index >= 15 is 0 Å². The molecule has 0 heterocycles. The van der Waals surface area contributed by atoms with Crippen LogP contribution in [0.25, 0.3) is 0 Å². The lowest BCUT2D eigenvalue weighted by atomic mass is 9.79. The van der Waals surface area contributed by atoms with Gasteiger partial charge in [-0.15, -0.1) is 0 Å². The number of nitrogens with zero attached hydrogens (tertiary/aromatic N) is 1. The molecule has 0 saturated heterocycles. The first-order valence-corrected chi connectivity index (χ1v) is 5.50. The molecule has 2 amide bonds. The molecule has 0 aliphatic heterocycles. The molecule has 1 saturated carbocycles. The van der Waals surface area contributed by atoms with Gasteiger partial charge in [0.25, 0.3) is 0 Å². The molecule has 0 aromatic carbocycles. The Balaban J connectivity index is 2.52. The number of hydrogen-bond acceptors (Lipinski definition) is 1. The predicted molar refractivity (Wildman–Crippen MR) is 58.2 cm³/mol. The van der Waals surface area contributed by atoms with E-state index in [0.29, 0.717) is 17.9 Å². The molecule has 3 heteroatoms. The van der Waals surface area contributed by atoms with Crippen LogP contribution in [0.15, 0.2) is 0 Å². The smallest absolute Gasteiger partial charge is 0.317 e. The second-order valence-corrected chi connectivity index (χ2v) is 4.76. The van der Waals surface area contributed by atoms with Gasteiger partial charge in [-0.25, -0.2) is 4.79 Å². The third kappa shape index (κ3) is 2.63. The molecule has 1 aliphatic carbocycles. The summed E-state index contributed by atoms with van der Waals surface area (Å²) in [5.74, 6) is 1.23. The molecule has 0 bridgehead atoms. The van der Waals surface area contributed by atoms with Crippen molar-refractivity contribution < 1.29 is 4.79 Å². The van der Waals surface area contributed by atoms with Crippen molar-refractivity contribution in [2.24, 2.45) is 11.8 Å². The highest BCUT2D eigenvalue weighted by atomic mass is 16.2. The molecule has 2 unspecified atom stereocenters. The zero-order valence-electron chi connectivity index (χ0n) is 9.71. The van der Waals surface area contributed by atoms with Crippen molar-refractivity contribution in [3.8, 4) is 0 Å². The van der Waals surface area contributed by atoms with Crippen molar-refractivity contribution in [2.75, 3.05) is 14.1 Å². The Morgan fingerprint density at radius 3 is 2.14 bits per heavy atom. The summed E-state index contributed by atoms with van der Waals surface area (Å²) in [4.78, 5) is 13.1. The van der Waals surface area contributed by atoms with Gasteiger partial charge < -0.3 is 10.2 Å². The van der Waals surface area contributed by atoms with Gasteiger partial charge in [0.2, 0.25) is 0 Å². The molecular weight excluding hydrogens is 176 g/mol. The molecule has 1 fully saturated rings. The molecule has 3 nitrogen and oxygen atoms in total. The van der Waals surface area contributed by atoms with Crippen molar-refractivity contribution in [1.82, 2.24) is 10.2 Å². The Hall–Kier alpha value is -0.730. The van der Waals surface area contributed by atoms with Crippen LogP contribution in [0.3, 0.4) is 0 Å². The van der Waals surface area contributed by atoms with Crippen LogP contribution in [-0.2, 0) is 0 Å². The maximum absolute atomic E-state index is 11.5. The van der Waals surface area contributed by atoms with Crippen LogP contribution < -0.4 is 5.32 Å². The first-order valence-electron chi connectivity index (χ1n) is 5.50. The summed E-state index contributed by atoms with van der Waals surface area (Å²) in [6.07, 6.45) is 3.78. The van der Waals surface area contributed by atoms with Gasteiger partial charge in [-0.3, -0.25) is 0 Å². The van der Waals surface area contributed by atoms with Crippen LogP contribution in [0, 0.1) is 11.8 Å². The maximum Gasteiger partial charge on any atom is 0.317 e. The highest BCUT2D eigenvalue weighted by Crippen LogP contribution is 2.28. The summed E-state index contributed by atoms with van der Waals surface area (Å²) in [7, 11) is 3.57. The summed E-state index contributed by atoms with van der Waals surface area (Å²) in [6, 6.07) is 0.397. The van der Waals surface area contributed by atoms with Gasteiger partial charge in [-0.05, 0) is 24.7 Å². The lowest BCUT2D eigenvalue weighted by Crippen LogP contribution is -2.49. The van der Waals surface area contributed by atoms with Gasteiger partial charge in [0.1, 0.15) is 0 Å². The molecule has 0 aromatic heterocycles. The van der Waals surface area contributed by atoms with Gasteiger partial charge in [-0.1, -0.05) is 20.3 Å². The number of amides is 2. The molecule has 2 atom stereocenters. The zero-order valence-corrected chi connectivity index (χ0v) is 9.71. The number of urea groups is 1. The van der Waals surface area contributed by atoms with E-state index in [1.165, 1.54) is 19.3 Å². The third-order valence-electron chi connectivity index (χ3n) is 3.24. The van der Waals surface area contributed by atoms with E-state index < -0.39 is 0 Å². The van der Waals surface area contributed by atoms with Crippen LogP contribution >= 0.6 is 0 Å². The van der Waals surface area contributed by atoms with E-state index in [9.17, 15) is 4.79 Å². The van der Waals surface area contributed by atoms with Gasteiger partial charge >= 0.3 is 6.03 Å². The fraction of sp³-hybridized carbons (Fsp3) is 0.909. The van der Waals surface area contributed by atoms with Gasteiger partial charge in [-0.2, -0.15) is 0 Å². The molecule has 0 aromatic rings. The number of carbonyl (C=O) groups excluding carboxylic acids is 1. The van der Waals surface area contributed by atoms with E-state index in [4.69, 9.17) is 0 Å². The second-order valence-electron chi connectivity index (χ2n) is 4.76. The summed E-state index contributed by atoms with van der Waals surface area (Å²) >= 11 is 0. The molecule has 1 N–H and O–H groups in total. The number of carbonyl (C=O) groups is 1. The first-order chi connectivity index (χ1) is 6.52.